The van der Waals surface area contributed by atoms with Crippen molar-refractivity contribution in [2.45, 2.75) is 19.4 Å². The Hall–Kier alpha value is -3.17. The molecule has 0 amide bonds. The van der Waals surface area contributed by atoms with Gasteiger partial charge in [-0.3, -0.25) is 0 Å². The van der Waals surface area contributed by atoms with E-state index in [1.54, 1.807) is 13.8 Å². The van der Waals surface area contributed by atoms with E-state index in [4.69, 9.17) is 4.98 Å². The molecule has 0 spiro atoms. The minimum Gasteiger partial charge on any atom is -0.384 e. The number of nitrogens with one attached hydrogen (secondary N) is 1. The second-order valence-corrected chi connectivity index (χ2v) is 7.57. The Bertz CT molecular complexity index is 1310. The number of aromatic nitrogens is 2. The molecule has 2 aromatic heterocycles. The summed E-state index contributed by atoms with van der Waals surface area (Å²) in [6.45, 7) is 3.56. The molecule has 0 radical (unpaired) electrons. The number of aromatic amines is 1. The maximum absolute atomic E-state index is 10.6. The quantitative estimate of drug-likeness (QED) is 0.424. The van der Waals surface area contributed by atoms with Crippen LogP contribution in [0.3, 0.4) is 0 Å². The van der Waals surface area contributed by atoms with Gasteiger partial charge in [-0.1, -0.05) is 54.6 Å². The third-order valence-electron chi connectivity index (χ3n) is 5.15. The number of nitrogens with zero attached hydrogens (tertiary/aromatic N) is 1. The molecule has 3 heteroatoms. The van der Waals surface area contributed by atoms with Crippen LogP contribution >= 0.6 is 0 Å². The highest BCUT2D eigenvalue weighted by molar-refractivity contribution is 6.11. The fourth-order valence-corrected chi connectivity index (χ4v) is 3.70. The topological polar surface area (TPSA) is 48.9 Å². The Morgan fingerprint density at radius 3 is 2.37 bits per heavy atom. The van der Waals surface area contributed by atoms with Crippen molar-refractivity contribution < 1.29 is 5.11 Å². The molecule has 3 aromatic carbocycles. The fraction of sp³-hybridized carbons (Fsp3) is 0.125. The van der Waals surface area contributed by atoms with E-state index in [1.165, 1.54) is 10.8 Å². The summed E-state index contributed by atoms with van der Waals surface area (Å²) in [7, 11) is 0. The van der Waals surface area contributed by atoms with Gasteiger partial charge in [0.05, 0.1) is 16.9 Å². The largest absolute Gasteiger partial charge is 0.384 e. The number of hydrogen-bond acceptors (Lipinski definition) is 2. The van der Waals surface area contributed by atoms with E-state index >= 15 is 0 Å². The van der Waals surface area contributed by atoms with Crippen LogP contribution in [0.1, 0.15) is 19.5 Å². The minimum absolute atomic E-state index is 0.669. The zero-order valence-corrected chi connectivity index (χ0v) is 15.3. The van der Waals surface area contributed by atoms with Gasteiger partial charge in [0.15, 0.2) is 0 Å². The van der Waals surface area contributed by atoms with Crippen LogP contribution < -0.4 is 0 Å². The number of pyridine rings is 1. The van der Waals surface area contributed by atoms with Gasteiger partial charge in [0, 0.05) is 21.9 Å². The first kappa shape index (κ1) is 16.0. The van der Waals surface area contributed by atoms with Gasteiger partial charge in [-0.05, 0) is 42.8 Å². The standard InChI is InChI=1S/C24H20N2O/c1-24(2,27)21-14-19-18-9-5-6-10-20(18)25-23(19)22(26-21)17-12-11-15-7-3-4-8-16(15)13-17/h3-14,25,27H,1-2H3. The molecule has 132 valence electrons. The molecular weight excluding hydrogens is 332 g/mol. The van der Waals surface area contributed by atoms with E-state index in [2.05, 4.69) is 47.4 Å². The molecule has 0 aliphatic heterocycles. The molecule has 27 heavy (non-hydrogen) atoms. The van der Waals surface area contributed by atoms with E-state index in [0.717, 1.165) is 33.1 Å². The van der Waals surface area contributed by atoms with Gasteiger partial charge in [0.2, 0.25) is 0 Å². The Kier molecular flexibility index (Phi) is 3.36. The summed E-state index contributed by atoms with van der Waals surface area (Å²) in [5, 5.41) is 15.2. The molecule has 0 atom stereocenters. The normalized spacial score (nSPS) is 12.3. The highest BCUT2D eigenvalue weighted by atomic mass is 16.3. The third-order valence-corrected chi connectivity index (χ3v) is 5.15. The van der Waals surface area contributed by atoms with E-state index in [0.29, 0.717) is 5.69 Å². The van der Waals surface area contributed by atoms with Crippen LogP contribution in [0.2, 0.25) is 0 Å². The van der Waals surface area contributed by atoms with Crippen LogP contribution in [0.15, 0.2) is 72.8 Å². The van der Waals surface area contributed by atoms with E-state index in [1.807, 2.05) is 30.3 Å². The molecule has 0 unspecified atom stereocenters. The first-order valence-corrected chi connectivity index (χ1v) is 9.14. The van der Waals surface area contributed by atoms with Crippen LogP contribution in [0.5, 0.6) is 0 Å². The smallest absolute Gasteiger partial charge is 0.101 e. The summed E-state index contributed by atoms with van der Waals surface area (Å²) in [5.74, 6) is 0. The maximum atomic E-state index is 10.6. The lowest BCUT2D eigenvalue weighted by molar-refractivity contribution is 0.0741. The van der Waals surface area contributed by atoms with Crippen LogP contribution in [0, 0.1) is 0 Å². The molecule has 0 saturated carbocycles. The Morgan fingerprint density at radius 2 is 1.56 bits per heavy atom. The Morgan fingerprint density at radius 1 is 0.815 bits per heavy atom. The van der Waals surface area contributed by atoms with Gasteiger partial charge in [0.25, 0.3) is 0 Å². The third kappa shape index (κ3) is 2.59. The molecule has 0 aliphatic carbocycles. The number of hydrogen-bond donors (Lipinski definition) is 2. The van der Waals surface area contributed by atoms with Gasteiger partial charge in [-0.15, -0.1) is 0 Å². The van der Waals surface area contributed by atoms with Crippen molar-refractivity contribution in [3.8, 4) is 11.3 Å². The first-order valence-electron chi connectivity index (χ1n) is 9.14. The molecule has 2 heterocycles. The molecule has 0 aliphatic rings. The average Bonchev–Trinajstić information content (AvgIpc) is 3.05. The van der Waals surface area contributed by atoms with Crippen LogP contribution in [-0.4, -0.2) is 15.1 Å². The molecule has 0 saturated heterocycles. The predicted molar refractivity (Wildman–Crippen MR) is 112 cm³/mol. The highest BCUT2D eigenvalue weighted by Gasteiger charge is 2.22. The number of para-hydroxylation sites is 1. The van der Waals surface area contributed by atoms with Crippen LogP contribution in [0.25, 0.3) is 43.8 Å². The number of benzene rings is 3. The van der Waals surface area contributed by atoms with Gasteiger partial charge < -0.3 is 10.1 Å². The van der Waals surface area contributed by atoms with Crippen LogP contribution in [-0.2, 0) is 5.60 Å². The minimum atomic E-state index is -1.02. The SMILES string of the molecule is CC(C)(O)c1cc2c([nH]c3ccccc32)c(-c2ccc3ccccc3c2)n1. The van der Waals surface area contributed by atoms with Crippen molar-refractivity contribution in [3.05, 3.63) is 78.5 Å². The van der Waals surface area contributed by atoms with Crippen molar-refractivity contribution >= 4 is 32.6 Å². The number of fused-ring (bicyclic) bond motifs is 4. The van der Waals surface area contributed by atoms with Crippen molar-refractivity contribution in [1.82, 2.24) is 9.97 Å². The number of rotatable bonds is 2. The van der Waals surface area contributed by atoms with Crippen molar-refractivity contribution in [3.63, 3.8) is 0 Å². The lowest BCUT2D eigenvalue weighted by atomic mass is 9.99. The fourth-order valence-electron chi connectivity index (χ4n) is 3.70. The number of H-pyrrole nitrogens is 1. The molecule has 2 N–H and O–H groups in total. The van der Waals surface area contributed by atoms with Crippen molar-refractivity contribution in [2.75, 3.05) is 0 Å². The summed E-state index contributed by atoms with van der Waals surface area (Å²) in [6.07, 6.45) is 0. The Labute approximate surface area is 157 Å². The molecule has 5 rings (SSSR count). The van der Waals surface area contributed by atoms with Crippen LogP contribution in [0.4, 0.5) is 0 Å². The monoisotopic (exact) mass is 352 g/mol. The summed E-state index contributed by atoms with van der Waals surface area (Å²) in [5.41, 5.74) is 3.63. The highest BCUT2D eigenvalue weighted by Crippen LogP contribution is 2.35. The average molecular weight is 352 g/mol. The van der Waals surface area contributed by atoms with Crippen molar-refractivity contribution in [1.29, 1.82) is 0 Å². The van der Waals surface area contributed by atoms with Crippen molar-refractivity contribution in [2.24, 2.45) is 0 Å². The summed E-state index contributed by atoms with van der Waals surface area (Å²) >= 11 is 0. The van der Waals surface area contributed by atoms with Gasteiger partial charge in [-0.25, -0.2) is 4.98 Å². The second-order valence-electron chi connectivity index (χ2n) is 7.57. The number of aliphatic hydroxyl groups is 1. The predicted octanol–water partition coefficient (Wildman–Crippen LogP) is 5.76. The van der Waals surface area contributed by atoms with E-state index in [-0.39, 0.29) is 0 Å². The first-order chi connectivity index (χ1) is 13.0. The second kappa shape index (κ2) is 5.66. The van der Waals surface area contributed by atoms with Gasteiger partial charge in [0.1, 0.15) is 5.60 Å². The Balaban J connectivity index is 1.88. The van der Waals surface area contributed by atoms with Gasteiger partial charge in [-0.2, -0.15) is 0 Å². The summed E-state index contributed by atoms with van der Waals surface area (Å²) in [6, 6.07) is 24.9. The lowest BCUT2D eigenvalue weighted by Crippen LogP contribution is -2.17. The zero-order chi connectivity index (χ0) is 18.6. The van der Waals surface area contributed by atoms with E-state index in [9.17, 15) is 5.11 Å². The molecule has 0 bridgehead atoms. The molecular formula is C24H20N2O. The zero-order valence-electron chi connectivity index (χ0n) is 15.3. The lowest BCUT2D eigenvalue weighted by Gasteiger charge is -2.18. The summed E-state index contributed by atoms with van der Waals surface area (Å²) in [4.78, 5) is 8.39. The van der Waals surface area contributed by atoms with E-state index < -0.39 is 5.60 Å². The molecule has 5 aromatic rings. The molecule has 0 fully saturated rings. The maximum Gasteiger partial charge on any atom is 0.101 e. The molecule has 3 nitrogen and oxygen atoms in total. The summed E-state index contributed by atoms with van der Waals surface area (Å²) < 4.78 is 0. The van der Waals surface area contributed by atoms with Gasteiger partial charge >= 0.3 is 0 Å².